The molecule has 4 nitrogen and oxygen atoms in total. The molecule has 0 aliphatic heterocycles. The molecular weight excluding hydrogens is 216 g/mol. The molecular formula is C10H18O4S. The first-order chi connectivity index (χ1) is 6.57. The molecule has 2 aliphatic rings. The average Bonchev–Trinajstić information content (AvgIpc) is 2.47. The van der Waals surface area contributed by atoms with Gasteiger partial charge in [-0.15, -0.1) is 0 Å². The van der Waals surface area contributed by atoms with Gasteiger partial charge in [0.15, 0.2) is 0 Å². The lowest BCUT2D eigenvalue weighted by Crippen LogP contribution is -2.47. The smallest absolute Gasteiger partial charge is 0.270 e. The topological polar surface area (TPSA) is 74.6 Å². The number of fused-ring (bicyclic) bond motifs is 1. The van der Waals surface area contributed by atoms with Gasteiger partial charge in [0.25, 0.3) is 10.1 Å². The highest BCUT2D eigenvalue weighted by Crippen LogP contribution is 2.66. The Labute approximate surface area is 90.4 Å². The Morgan fingerprint density at radius 1 is 1.20 bits per heavy atom. The highest BCUT2D eigenvalue weighted by molar-refractivity contribution is 7.86. The van der Waals surface area contributed by atoms with Crippen molar-refractivity contribution in [2.75, 3.05) is 0 Å². The van der Waals surface area contributed by atoms with E-state index in [1.165, 1.54) is 6.92 Å². The third-order valence-electron chi connectivity index (χ3n) is 4.44. The molecule has 15 heavy (non-hydrogen) atoms. The van der Waals surface area contributed by atoms with E-state index >= 15 is 0 Å². The van der Waals surface area contributed by atoms with Crippen LogP contribution in [0.25, 0.3) is 0 Å². The molecule has 2 rings (SSSR count). The van der Waals surface area contributed by atoms with Crippen LogP contribution in [0.4, 0.5) is 0 Å². The van der Waals surface area contributed by atoms with Crippen molar-refractivity contribution in [1.29, 1.82) is 0 Å². The first kappa shape index (κ1) is 11.4. The third-order valence-corrected chi connectivity index (χ3v) is 5.86. The molecule has 0 unspecified atom stereocenters. The predicted octanol–water partition coefficient (Wildman–Crippen LogP) is 1.06. The number of aliphatic hydroxyl groups is 1. The molecule has 0 radical (unpaired) electrons. The summed E-state index contributed by atoms with van der Waals surface area (Å²) >= 11 is 0. The summed E-state index contributed by atoms with van der Waals surface area (Å²) < 4.78 is 31.4. The minimum Gasteiger partial charge on any atom is -0.389 e. The van der Waals surface area contributed by atoms with Crippen molar-refractivity contribution in [1.82, 2.24) is 0 Å². The van der Waals surface area contributed by atoms with Gasteiger partial charge in [-0.3, -0.25) is 4.55 Å². The van der Waals surface area contributed by atoms with Crippen molar-refractivity contribution in [2.24, 2.45) is 17.3 Å². The Morgan fingerprint density at radius 2 is 1.73 bits per heavy atom. The lowest BCUT2D eigenvalue weighted by atomic mass is 9.86. The standard InChI is InChI=1S/C10H18O4S/c1-9(2)6-4-8(15(12,13)14)10(3,11)5-7(6)9/h6-8,11H,4-5H2,1-3H3,(H,12,13,14)/t6-,7+,8+,10+/m1/s1. The van der Waals surface area contributed by atoms with E-state index in [4.69, 9.17) is 4.55 Å². The highest BCUT2D eigenvalue weighted by Gasteiger charge is 2.65. The second-order valence-electron chi connectivity index (χ2n) is 5.83. The van der Waals surface area contributed by atoms with Crippen molar-refractivity contribution < 1.29 is 18.1 Å². The van der Waals surface area contributed by atoms with Crippen LogP contribution < -0.4 is 0 Å². The van der Waals surface area contributed by atoms with Crippen LogP contribution in [0, 0.1) is 17.3 Å². The van der Waals surface area contributed by atoms with Crippen molar-refractivity contribution in [3.63, 3.8) is 0 Å². The zero-order valence-electron chi connectivity index (χ0n) is 9.27. The van der Waals surface area contributed by atoms with E-state index in [0.29, 0.717) is 24.7 Å². The first-order valence-electron chi connectivity index (χ1n) is 5.25. The van der Waals surface area contributed by atoms with Crippen LogP contribution in [0.5, 0.6) is 0 Å². The minimum absolute atomic E-state index is 0.115. The normalized spacial score (nSPS) is 48.5. The van der Waals surface area contributed by atoms with Crippen LogP contribution in [0.1, 0.15) is 33.6 Å². The maximum Gasteiger partial charge on any atom is 0.270 e. The van der Waals surface area contributed by atoms with Crippen LogP contribution in [-0.2, 0) is 10.1 Å². The fraction of sp³-hybridized carbons (Fsp3) is 1.00. The maximum atomic E-state index is 11.2. The Kier molecular flexibility index (Phi) is 2.09. The summed E-state index contributed by atoms with van der Waals surface area (Å²) in [6, 6.07) is 0. The molecule has 2 fully saturated rings. The van der Waals surface area contributed by atoms with E-state index < -0.39 is 21.0 Å². The highest BCUT2D eigenvalue weighted by atomic mass is 32.2. The minimum atomic E-state index is -4.14. The van der Waals surface area contributed by atoms with Crippen LogP contribution in [0.3, 0.4) is 0 Å². The van der Waals surface area contributed by atoms with E-state index in [1.54, 1.807) is 0 Å². The van der Waals surface area contributed by atoms with Crippen LogP contribution in [0.2, 0.25) is 0 Å². The van der Waals surface area contributed by atoms with Crippen LogP contribution in [0.15, 0.2) is 0 Å². The van der Waals surface area contributed by atoms with E-state index in [1.807, 2.05) is 0 Å². The van der Waals surface area contributed by atoms with Crippen LogP contribution in [-0.4, -0.2) is 28.9 Å². The molecule has 0 heterocycles. The summed E-state index contributed by atoms with van der Waals surface area (Å²) in [4.78, 5) is 0. The number of hydrogen-bond donors (Lipinski definition) is 2. The van der Waals surface area contributed by atoms with Gasteiger partial charge in [0.2, 0.25) is 0 Å². The number of hydrogen-bond acceptors (Lipinski definition) is 3. The molecule has 0 aromatic carbocycles. The molecule has 0 saturated heterocycles. The Bertz CT molecular complexity index is 382. The largest absolute Gasteiger partial charge is 0.389 e. The SMILES string of the molecule is CC1(C)[C@@H]2C[C@H](S(=O)(=O)O)[C@@](C)(O)C[C@@H]21. The third kappa shape index (κ3) is 1.61. The van der Waals surface area contributed by atoms with E-state index in [-0.39, 0.29) is 5.41 Å². The molecule has 5 heteroatoms. The van der Waals surface area contributed by atoms with E-state index in [9.17, 15) is 13.5 Å². The zero-order chi connectivity index (χ0) is 11.6. The monoisotopic (exact) mass is 234 g/mol. The lowest BCUT2D eigenvalue weighted by Gasteiger charge is -2.34. The van der Waals surface area contributed by atoms with Crippen LogP contribution >= 0.6 is 0 Å². The molecule has 2 aliphatic carbocycles. The summed E-state index contributed by atoms with van der Waals surface area (Å²) in [5.74, 6) is 0.718. The van der Waals surface area contributed by atoms with Gasteiger partial charge in [0.05, 0.1) is 5.60 Å². The summed E-state index contributed by atoms with van der Waals surface area (Å²) in [5.41, 5.74) is -1.17. The maximum absolute atomic E-state index is 11.2. The molecule has 0 bridgehead atoms. The molecule has 4 atom stereocenters. The quantitative estimate of drug-likeness (QED) is 0.665. The van der Waals surface area contributed by atoms with Gasteiger partial charge < -0.3 is 5.11 Å². The summed E-state index contributed by atoms with van der Waals surface area (Å²) in [5, 5.41) is 9.04. The fourth-order valence-electron chi connectivity index (χ4n) is 3.23. The lowest BCUT2D eigenvalue weighted by molar-refractivity contribution is 0.0195. The van der Waals surface area contributed by atoms with Gasteiger partial charge in [-0.25, -0.2) is 0 Å². The molecule has 88 valence electrons. The Morgan fingerprint density at radius 3 is 2.20 bits per heavy atom. The van der Waals surface area contributed by atoms with Crippen molar-refractivity contribution in [3.8, 4) is 0 Å². The summed E-state index contributed by atoms with van der Waals surface area (Å²) in [6.45, 7) is 5.69. The Balaban J connectivity index is 2.29. The molecule has 0 spiro atoms. The van der Waals surface area contributed by atoms with E-state index in [0.717, 1.165) is 0 Å². The first-order valence-corrected chi connectivity index (χ1v) is 6.76. The average molecular weight is 234 g/mol. The van der Waals surface area contributed by atoms with Crippen molar-refractivity contribution >= 4 is 10.1 Å². The van der Waals surface area contributed by atoms with Crippen molar-refractivity contribution in [2.45, 2.75) is 44.5 Å². The predicted molar refractivity (Wildman–Crippen MR) is 56.0 cm³/mol. The molecule has 2 saturated carbocycles. The second kappa shape index (κ2) is 2.76. The zero-order valence-corrected chi connectivity index (χ0v) is 10.1. The molecule has 0 amide bonds. The second-order valence-corrected chi connectivity index (χ2v) is 7.43. The number of rotatable bonds is 1. The summed E-state index contributed by atoms with van der Waals surface area (Å²) in [6.07, 6.45) is 0.846. The van der Waals surface area contributed by atoms with Gasteiger partial charge in [-0.1, -0.05) is 13.8 Å². The van der Waals surface area contributed by atoms with Crippen molar-refractivity contribution in [3.05, 3.63) is 0 Å². The Hall–Kier alpha value is -0.130. The van der Waals surface area contributed by atoms with Gasteiger partial charge in [-0.05, 0) is 37.0 Å². The molecule has 2 N–H and O–H groups in total. The summed E-state index contributed by atoms with van der Waals surface area (Å²) in [7, 11) is -4.14. The van der Waals surface area contributed by atoms with Gasteiger partial charge in [0, 0.05) is 0 Å². The molecule has 0 aromatic rings. The van der Waals surface area contributed by atoms with E-state index in [2.05, 4.69) is 13.8 Å². The van der Waals surface area contributed by atoms with Gasteiger partial charge in [0.1, 0.15) is 5.25 Å². The van der Waals surface area contributed by atoms with Gasteiger partial charge in [-0.2, -0.15) is 8.42 Å². The van der Waals surface area contributed by atoms with Gasteiger partial charge >= 0.3 is 0 Å². The fourth-order valence-corrected chi connectivity index (χ4v) is 4.42. The molecule has 0 aromatic heterocycles.